The molecule has 0 atom stereocenters. The van der Waals surface area contributed by atoms with Crippen molar-refractivity contribution in [1.82, 2.24) is 14.8 Å². The Kier molecular flexibility index (Phi) is 3.80. The highest BCUT2D eigenvalue weighted by atomic mass is 32.2. The van der Waals surface area contributed by atoms with Crippen LogP contribution in [0.5, 0.6) is 0 Å². The maximum absolute atomic E-state index is 11.5. The van der Waals surface area contributed by atoms with E-state index in [1.165, 1.54) is 19.1 Å². The molecule has 0 N–H and O–H groups in total. The third-order valence-corrected chi connectivity index (χ3v) is 5.03. The maximum atomic E-state index is 11.5. The Balaban J connectivity index is 1.97. The van der Waals surface area contributed by atoms with Crippen LogP contribution in [-0.4, -0.2) is 29.4 Å². The molecule has 2 heterocycles. The molecule has 21 heavy (non-hydrogen) atoms. The van der Waals surface area contributed by atoms with Crippen molar-refractivity contribution in [3.05, 3.63) is 30.1 Å². The fourth-order valence-electron chi connectivity index (χ4n) is 2.73. The van der Waals surface area contributed by atoms with Crippen molar-refractivity contribution in [2.24, 2.45) is 0 Å². The summed E-state index contributed by atoms with van der Waals surface area (Å²) in [7, 11) is -3.16. The summed E-state index contributed by atoms with van der Waals surface area (Å²) < 4.78 is 25.2. The van der Waals surface area contributed by atoms with Gasteiger partial charge in [0, 0.05) is 24.8 Å². The van der Waals surface area contributed by atoms with Crippen molar-refractivity contribution in [3.63, 3.8) is 0 Å². The first-order valence-electron chi connectivity index (χ1n) is 7.28. The Labute approximate surface area is 124 Å². The molecule has 2 aromatic rings. The minimum absolute atomic E-state index is 0.332. The average molecular weight is 305 g/mol. The quantitative estimate of drug-likeness (QED) is 0.855. The molecule has 6 heteroatoms. The lowest BCUT2D eigenvalue weighted by Gasteiger charge is -2.13. The van der Waals surface area contributed by atoms with E-state index in [1.807, 2.05) is 12.1 Å². The summed E-state index contributed by atoms with van der Waals surface area (Å²) in [6.45, 7) is 0.936. The first-order chi connectivity index (χ1) is 10.1. The second kappa shape index (κ2) is 5.60. The first-order valence-corrected chi connectivity index (χ1v) is 9.17. The number of benzene rings is 1. The van der Waals surface area contributed by atoms with Gasteiger partial charge in [0.25, 0.3) is 0 Å². The molecule has 0 saturated carbocycles. The molecular weight excluding hydrogens is 286 g/mol. The predicted molar refractivity (Wildman–Crippen MR) is 80.7 cm³/mol. The van der Waals surface area contributed by atoms with Gasteiger partial charge >= 0.3 is 0 Å². The number of rotatable bonds is 2. The van der Waals surface area contributed by atoms with Crippen LogP contribution in [-0.2, 0) is 22.8 Å². The van der Waals surface area contributed by atoms with Crippen molar-refractivity contribution >= 4 is 9.84 Å². The number of aryl methyl sites for hydroxylation is 1. The second-order valence-electron chi connectivity index (χ2n) is 5.55. The van der Waals surface area contributed by atoms with Gasteiger partial charge in [-0.2, -0.15) is 0 Å². The van der Waals surface area contributed by atoms with E-state index in [4.69, 9.17) is 0 Å². The van der Waals surface area contributed by atoms with E-state index in [9.17, 15) is 8.42 Å². The molecule has 1 aromatic carbocycles. The molecule has 0 bridgehead atoms. The zero-order valence-corrected chi connectivity index (χ0v) is 12.9. The Hall–Kier alpha value is -1.69. The summed E-state index contributed by atoms with van der Waals surface area (Å²) in [4.78, 5) is 0.332. The standard InChI is InChI=1S/C15H19N3O2S/c1-21(19,20)13-9-7-12(8-10-13)15-17-16-14-6-4-2-3-5-11-18(14)15/h7-10H,2-6,11H2,1H3. The summed E-state index contributed by atoms with van der Waals surface area (Å²) in [5, 5.41) is 8.61. The Morgan fingerprint density at radius 3 is 2.43 bits per heavy atom. The van der Waals surface area contributed by atoms with Crippen LogP contribution in [0.4, 0.5) is 0 Å². The van der Waals surface area contributed by atoms with E-state index in [0.717, 1.165) is 43.0 Å². The van der Waals surface area contributed by atoms with Crippen molar-refractivity contribution in [1.29, 1.82) is 0 Å². The SMILES string of the molecule is CS(=O)(=O)c1ccc(-c2nnc3n2CCCCCC3)cc1. The lowest BCUT2D eigenvalue weighted by atomic mass is 10.1. The highest BCUT2D eigenvalue weighted by Crippen LogP contribution is 2.23. The van der Waals surface area contributed by atoms with Gasteiger partial charge in [-0.25, -0.2) is 8.42 Å². The monoisotopic (exact) mass is 305 g/mol. The second-order valence-corrected chi connectivity index (χ2v) is 7.57. The summed E-state index contributed by atoms with van der Waals surface area (Å²) in [5.41, 5.74) is 0.918. The van der Waals surface area contributed by atoms with Gasteiger partial charge in [0.05, 0.1) is 4.90 Å². The van der Waals surface area contributed by atoms with Crippen LogP contribution in [0.15, 0.2) is 29.2 Å². The minimum Gasteiger partial charge on any atom is -0.311 e. The topological polar surface area (TPSA) is 64.8 Å². The number of nitrogens with zero attached hydrogens (tertiary/aromatic N) is 3. The van der Waals surface area contributed by atoms with Crippen LogP contribution >= 0.6 is 0 Å². The lowest BCUT2D eigenvalue weighted by Crippen LogP contribution is -2.08. The van der Waals surface area contributed by atoms with Crippen LogP contribution in [0.2, 0.25) is 0 Å². The van der Waals surface area contributed by atoms with Crippen LogP contribution in [0.3, 0.4) is 0 Å². The molecule has 0 radical (unpaired) electrons. The van der Waals surface area contributed by atoms with E-state index in [0.29, 0.717) is 4.90 Å². The summed E-state index contributed by atoms with van der Waals surface area (Å²) in [5.74, 6) is 1.88. The zero-order chi connectivity index (χ0) is 14.9. The highest BCUT2D eigenvalue weighted by molar-refractivity contribution is 7.90. The van der Waals surface area contributed by atoms with E-state index in [1.54, 1.807) is 12.1 Å². The molecule has 3 rings (SSSR count). The van der Waals surface area contributed by atoms with E-state index >= 15 is 0 Å². The molecule has 0 amide bonds. The largest absolute Gasteiger partial charge is 0.311 e. The number of sulfone groups is 1. The van der Waals surface area contributed by atoms with Crippen molar-refractivity contribution in [3.8, 4) is 11.4 Å². The van der Waals surface area contributed by atoms with Gasteiger partial charge < -0.3 is 4.57 Å². The molecule has 0 spiro atoms. The fraction of sp³-hybridized carbons (Fsp3) is 0.467. The number of aromatic nitrogens is 3. The van der Waals surface area contributed by atoms with Gasteiger partial charge in [0.15, 0.2) is 15.7 Å². The third kappa shape index (κ3) is 3.00. The first kappa shape index (κ1) is 14.3. The molecule has 1 aliphatic rings. The number of fused-ring (bicyclic) bond motifs is 1. The van der Waals surface area contributed by atoms with Crippen molar-refractivity contribution in [2.45, 2.75) is 43.5 Å². The molecule has 0 unspecified atom stereocenters. The maximum Gasteiger partial charge on any atom is 0.175 e. The minimum atomic E-state index is -3.16. The van der Waals surface area contributed by atoms with Gasteiger partial charge in [-0.3, -0.25) is 0 Å². The smallest absolute Gasteiger partial charge is 0.175 e. The Morgan fingerprint density at radius 2 is 1.71 bits per heavy atom. The highest BCUT2D eigenvalue weighted by Gasteiger charge is 2.16. The van der Waals surface area contributed by atoms with Crippen molar-refractivity contribution < 1.29 is 8.42 Å². The number of hydrogen-bond acceptors (Lipinski definition) is 4. The summed E-state index contributed by atoms with van der Waals surface area (Å²) >= 11 is 0. The Morgan fingerprint density at radius 1 is 1.00 bits per heavy atom. The summed E-state index contributed by atoms with van der Waals surface area (Å²) in [6, 6.07) is 6.89. The van der Waals surface area contributed by atoms with Crippen LogP contribution < -0.4 is 0 Å². The number of hydrogen-bond donors (Lipinski definition) is 0. The van der Waals surface area contributed by atoms with E-state index in [2.05, 4.69) is 14.8 Å². The molecule has 1 aromatic heterocycles. The lowest BCUT2D eigenvalue weighted by molar-refractivity contribution is 0.518. The van der Waals surface area contributed by atoms with Gasteiger partial charge in [0.1, 0.15) is 5.82 Å². The normalized spacial score (nSPS) is 16.0. The molecule has 1 aliphatic heterocycles. The zero-order valence-electron chi connectivity index (χ0n) is 12.1. The fourth-order valence-corrected chi connectivity index (χ4v) is 3.36. The molecule has 112 valence electrons. The van der Waals surface area contributed by atoms with Crippen LogP contribution in [0, 0.1) is 0 Å². The molecular formula is C15H19N3O2S. The van der Waals surface area contributed by atoms with Crippen molar-refractivity contribution in [2.75, 3.05) is 6.26 Å². The van der Waals surface area contributed by atoms with Gasteiger partial charge in [0.2, 0.25) is 0 Å². The van der Waals surface area contributed by atoms with Gasteiger partial charge in [-0.05, 0) is 37.1 Å². The van der Waals surface area contributed by atoms with Gasteiger partial charge in [-0.15, -0.1) is 10.2 Å². The van der Waals surface area contributed by atoms with E-state index in [-0.39, 0.29) is 0 Å². The van der Waals surface area contributed by atoms with Crippen LogP contribution in [0.25, 0.3) is 11.4 Å². The molecule has 0 aliphatic carbocycles. The van der Waals surface area contributed by atoms with E-state index < -0.39 is 9.84 Å². The van der Waals surface area contributed by atoms with Gasteiger partial charge in [-0.1, -0.05) is 12.8 Å². The van der Waals surface area contributed by atoms with Crippen LogP contribution in [0.1, 0.15) is 31.5 Å². The molecule has 0 fully saturated rings. The predicted octanol–water partition coefficient (Wildman–Crippen LogP) is 2.47. The Bertz CT molecular complexity index is 733. The summed E-state index contributed by atoms with van der Waals surface area (Å²) in [6.07, 6.45) is 6.98. The third-order valence-electron chi connectivity index (χ3n) is 3.90. The molecule has 5 nitrogen and oxygen atoms in total. The molecule has 0 saturated heterocycles. The average Bonchev–Trinajstić information content (AvgIpc) is 2.80.